The van der Waals surface area contributed by atoms with Crippen molar-refractivity contribution in [3.63, 3.8) is 0 Å². The molecular weight excluding hydrogens is 170 g/mol. The molecule has 0 amide bonds. The van der Waals surface area contributed by atoms with Crippen molar-refractivity contribution in [3.8, 4) is 0 Å². The lowest BCUT2D eigenvalue weighted by Gasteiger charge is -2.33. The summed E-state index contributed by atoms with van der Waals surface area (Å²) in [7, 11) is 0. The molecule has 0 radical (unpaired) electrons. The second-order valence-electron chi connectivity index (χ2n) is 4.38. The van der Waals surface area contributed by atoms with Gasteiger partial charge in [-0.05, 0) is 26.8 Å². The van der Waals surface area contributed by atoms with Crippen molar-refractivity contribution in [1.29, 1.82) is 0 Å². The van der Waals surface area contributed by atoms with Crippen LogP contribution in [0.15, 0.2) is 46.7 Å². The SMILES string of the molecule is CC1=CC=C(C)C2C(C)=CC(N)=CC12. The summed E-state index contributed by atoms with van der Waals surface area (Å²) >= 11 is 0. The Kier molecular flexibility index (Phi) is 2.10. The van der Waals surface area contributed by atoms with Gasteiger partial charge in [0.15, 0.2) is 0 Å². The van der Waals surface area contributed by atoms with Crippen LogP contribution in [0.4, 0.5) is 0 Å². The highest BCUT2D eigenvalue weighted by Gasteiger charge is 2.28. The summed E-state index contributed by atoms with van der Waals surface area (Å²) in [5, 5.41) is 0. The Morgan fingerprint density at radius 2 is 1.64 bits per heavy atom. The van der Waals surface area contributed by atoms with Crippen LogP contribution in [0.25, 0.3) is 0 Å². The molecule has 0 aromatic heterocycles. The molecule has 0 aromatic carbocycles. The van der Waals surface area contributed by atoms with Gasteiger partial charge in [-0.25, -0.2) is 0 Å². The minimum Gasteiger partial charge on any atom is -0.399 e. The van der Waals surface area contributed by atoms with E-state index in [4.69, 9.17) is 5.73 Å². The molecule has 1 nitrogen and oxygen atoms in total. The fraction of sp³-hybridized carbons (Fsp3) is 0.385. The molecule has 2 N–H and O–H groups in total. The van der Waals surface area contributed by atoms with Crippen LogP contribution in [0.2, 0.25) is 0 Å². The van der Waals surface area contributed by atoms with E-state index in [1.54, 1.807) is 0 Å². The molecule has 0 heterocycles. The maximum Gasteiger partial charge on any atom is 0.0279 e. The second-order valence-corrected chi connectivity index (χ2v) is 4.38. The third-order valence-electron chi connectivity index (χ3n) is 3.24. The van der Waals surface area contributed by atoms with Crippen LogP contribution in [0.1, 0.15) is 20.8 Å². The van der Waals surface area contributed by atoms with Crippen molar-refractivity contribution in [3.05, 3.63) is 46.7 Å². The molecule has 1 heteroatoms. The third-order valence-corrected chi connectivity index (χ3v) is 3.24. The van der Waals surface area contributed by atoms with E-state index >= 15 is 0 Å². The van der Waals surface area contributed by atoms with E-state index in [1.807, 2.05) is 0 Å². The smallest absolute Gasteiger partial charge is 0.0279 e. The van der Waals surface area contributed by atoms with Gasteiger partial charge < -0.3 is 5.73 Å². The third kappa shape index (κ3) is 1.33. The first-order valence-corrected chi connectivity index (χ1v) is 5.10. The molecule has 2 aliphatic carbocycles. The van der Waals surface area contributed by atoms with Crippen molar-refractivity contribution in [1.82, 2.24) is 0 Å². The van der Waals surface area contributed by atoms with Gasteiger partial charge in [-0.15, -0.1) is 0 Å². The summed E-state index contributed by atoms with van der Waals surface area (Å²) in [5.41, 5.74) is 11.0. The highest BCUT2D eigenvalue weighted by Crippen LogP contribution is 2.39. The lowest BCUT2D eigenvalue weighted by atomic mass is 9.72. The van der Waals surface area contributed by atoms with Crippen LogP contribution in [0, 0.1) is 11.8 Å². The average Bonchev–Trinajstić information content (AvgIpc) is 2.10. The molecule has 14 heavy (non-hydrogen) atoms. The van der Waals surface area contributed by atoms with Gasteiger partial charge >= 0.3 is 0 Å². The van der Waals surface area contributed by atoms with E-state index in [-0.39, 0.29) is 0 Å². The first-order valence-electron chi connectivity index (χ1n) is 5.10. The van der Waals surface area contributed by atoms with Crippen LogP contribution in [0.3, 0.4) is 0 Å². The Bertz CT molecular complexity index is 380. The summed E-state index contributed by atoms with van der Waals surface area (Å²) < 4.78 is 0. The van der Waals surface area contributed by atoms with Crippen LogP contribution < -0.4 is 5.73 Å². The molecule has 0 aromatic rings. The second kappa shape index (κ2) is 3.16. The number of hydrogen-bond donors (Lipinski definition) is 1. The fourth-order valence-corrected chi connectivity index (χ4v) is 2.50. The summed E-state index contributed by atoms with van der Waals surface area (Å²) in [6.45, 7) is 6.56. The van der Waals surface area contributed by atoms with Gasteiger partial charge in [0.05, 0.1) is 0 Å². The monoisotopic (exact) mass is 187 g/mol. The first-order chi connectivity index (χ1) is 6.59. The molecular formula is C13H17N. The van der Waals surface area contributed by atoms with Crippen molar-refractivity contribution in [2.45, 2.75) is 20.8 Å². The zero-order valence-corrected chi connectivity index (χ0v) is 9.04. The quantitative estimate of drug-likeness (QED) is 0.620. The maximum atomic E-state index is 5.88. The molecule has 2 atom stereocenters. The van der Waals surface area contributed by atoms with Crippen molar-refractivity contribution in [2.75, 3.05) is 0 Å². The number of rotatable bonds is 0. The molecule has 0 saturated carbocycles. The van der Waals surface area contributed by atoms with E-state index in [1.165, 1.54) is 16.7 Å². The molecule has 2 rings (SSSR count). The summed E-state index contributed by atoms with van der Waals surface area (Å²) in [6.07, 6.45) is 8.71. The van der Waals surface area contributed by atoms with Gasteiger partial charge in [0, 0.05) is 17.5 Å². The maximum absolute atomic E-state index is 5.88. The largest absolute Gasteiger partial charge is 0.399 e. The fourth-order valence-electron chi connectivity index (χ4n) is 2.50. The molecule has 0 bridgehead atoms. The Labute approximate surface area is 85.7 Å². The van der Waals surface area contributed by atoms with E-state index in [2.05, 4.69) is 45.1 Å². The molecule has 74 valence electrons. The Morgan fingerprint density at radius 1 is 1.00 bits per heavy atom. The van der Waals surface area contributed by atoms with E-state index < -0.39 is 0 Å². The summed E-state index contributed by atoms with van der Waals surface area (Å²) in [5.74, 6) is 1.04. The number of hydrogen-bond acceptors (Lipinski definition) is 1. The van der Waals surface area contributed by atoms with E-state index in [0.717, 1.165) is 5.70 Å². The Hall–Kier alpha value is -1.24. The van der Waals surface area contributed by atoms with Crippen molar-refractivity contribution in [2.24, 2.45) is 17.6 Å². The predicted molar refractivity (Wildman–Crippen MR) is 60.5 cm³/mol. The average molecular weight is 187 g/mol. The minimum absolute atomic E-state index is 0.491. The minimum atomic E-state index is 0.491. The molecule has 0 saturated heterocycles. The van der Waals surface area contributed by atoms with Gasteiger partial charge in [0.25, 0.3) is 0 Å². The zero-order chi connectivity index (χ0) is 10.3. The van der Waals surface area contributed by atoms with Crippen molar-refractivity contribution >= 4 is 0 Å². The topological polar surface area (TPSA) is 26.0 Å². The van der Waals surface area contributed by atoms with Gasteiger partial charge in [-0.2, -0.15) is 0 Å². The molecule has 0 fully saturated rings. The highest BCUT2D eigenvalue weighted by atomic mass is 14.6. The predicted octanol–water partition coefficient (Wildman–Crippen LogP) is 2.93. The van der Waals surface area contributed by atoms with Gasteiger partial charge in [0.1, 0.15) is 0 Å². The van der Waals surface area contributed by atoms with E-state index in [0.29, 0.717) is 11.8 Å². The molecule has 2 unspecified atom stereocenters. The van der Waals surface area contributed by atoms with Gasteiger partial charge in [-0.1, -0.05) is 34.9 Å². The standard InChI is InChI=1S/C13H17N/c1-8-4-5-9(2)13-10(3)6-11(14)7-12(8)13/h4-7,12-13H,14H2,1-3H3. The van der Waals surface area contributed by atoms with Crippen LogP contribution in [-0.4, -0.2) is 0 Å². The summed E-state index contributed by atoms with van der Waals surface area (Å²) in [6, 6.07) is 0. The zero-order valence-electron chi connectivity index (χ0n) is 9.04. The molecule has 2 aliphatic rings. The number of allylic oxidation sites excluding steroid dienone is 7. The molecule has 0 aliphatic heterocycles. The van der Waals surface area contributed by atoms with E-state index in [9.17, 15) is 0 Å². The number of nitrogens with two attached hydrogens (primary N) is 1. The Balaban J connectivity index is 2.46. The summed E-state index contributed by atoms with van der Waals surface area (Å²) in [4.78, 5) is 0. The lowest BCUT2D eigenvalue weighted by molar-refractivity contribution is 0.556. The van der Waals surface area contributed by atoms with Crippen LogP contribution in [-0.2, 0) is 0 Å². The van der Waals surface area contributed by atoms with Crippen LogP contribution >= 0.6 is 0 Å². The number of fused-ring (bicyclic) bond motifs is 1. The van der Waals surface area contributed by atoms with Gasteiger partial charge in [0.2, 0.25) is 0 Å². The van der Waals surface area contributed by atoms with Crippen molar-refractivity contribution < 1.29 is 0 Å². The Morgan fingerprint density at radius 3 is 2.36 bits per heavy atom. The molecule has 0 spiro atoms. The first kappa shape index (κ1) is 9.32. The van der Waals surface area contributed by atoms with Gasteiger partial charge in [-0.3, -0.25) is 0 Å². The van der Waals surface area contributed by atoms with Crippen LogP contribution in [0.5, 0.6) is 0 Å². The normalized spacial score (nSPS) is 31.1. The lowest BCUT2D eigenvalue weighted by Crippen LogP contribution is -2.23. The highest BCUT2D eigenvalue weighted by molar-refractivity contribution is 5.42.